The molecule has 3 N–H and O–H groups in total. The van der Waals surface area contributed by atoms with Crippen LogP contribution in [-0.4, -0.2) is 54.9 Å². The van der Waals surface area contributed by atoms with E-state index < -0.39 is 30.5 Å². The molecule has 1 aromatic carbocycles. The summed E-state index contributed by atoms with van der Waals surface area (Å²) >= 11 is 0. The molecule has 1 heterocycles. The smallest absolute Gasteiger partial charge is 0.385 e. The fraction of sp³-hybridized carbons (Fsp3) is 0.741. The quantitative estimate of drug-likeness (QED) is 0.422. The van der Waals surface area contributed by atoms with Gasteiger partial charge in [-0.15, -0.1) is 0 Å². The zero-order valence-corrected chi connectivity index (χ0v) is 21.2. The number of likely N-dealkylation sites (tertiary alicyclic amines) is 1. The summed E-state index contributed by atoms with van der Waals surface area (Å²) in [5, 5.41) is 18.1. The summed E-state index contributed by atoms with van der Waals surface area (Å²) in [7, 11) is 1.87. The zero-order chi connectivity index (χ0) is 25.5. The number of amides is 2. The number of benzene rings is 1. The van der Waals surface area contributed by atoms with Crippen LogP contribution in [0.5, 0.6) is 0 Å². The molecule has 0 radical (unpaired) electrons. The van der Waals surface area contributed by atoms with E-state index in [-0.39, 0.29) is 18.6 Å². The van der Waals surface area contributed by atoms with Gasteiger partial charge in [-0.25, -0.2) is 4.79 Å². The Labute approximate surface area is 207 Å². The summed E-state index contributed by atoms with van der Waals surface area (Å²) in [6.07, 6.45) is 2.50. The monoisotopic (exact) mass is 497 g/mol. The van der Waals surface area contributed by atoms with Crippen molar-refractivity contribution in [2.24, 2.45) is 11.8 Å². The molecule has 35 heavy (non-hydrogen) atoms. The second-order valence-corrected chi connectivity index (χ2v) is 10.6. The third-order valence-electron chi connectivity index (χ3n) is 7.81. The number of hydrogen-bond acceptors (Lipinski definition) is 3. The van der Waals surface area contributed by atoms with Crippen LogP contribution in [0.3, 0.4) is 0 Å². The number of aliphatic hydroxyl groups is 1. The van der Waals surface area contributed by atoms with Crippen LogP contribution in [0.4, 0.5) is 18.0 Å². The lowest BCUT2D eigenvalue weighted by Crippen LogP contribution is -2.54. The number of aryl methyl sites for hydroxylation is 1. The molecule has 1 aliphatic carbocycles. The number of carbonyl (C=O) groups excluding carboxylic acids is 1. The molecule has 2 aliphatic rings. The van der Waals surface area contributed by atoms with Crippen LogP contribution in [0.25, 0.3) is 0 Å². The molecule has 0 bridgehead atoms. The van der Waals surface area contributed by atoms with E-state index in [0.29, 0.717) is 37.4 Å². The van der Waals surface area contributed by atoms with E-state index in [4.69, 9.17) is 0 Å². The van der Waals surface area contributed by atoms with Gasteiger partial charge in [0.1, 0.15) is 0 Å². The van der Waals surface area contributed by atoms with E-state index in [9.17, 15) is 23.1 Å². The lowest BCUT2D eigenvalue weighted by atomic mass is 9.74. The van der Waals surface area contributed by atoms with E-state index in [1.54, 1.807) is 23.1 Å². The summed E-state index contributed by atoms with van der Waals surface area (Å²) in [4.78, 5) is 14.9. The highest BCUT2D eigenvalue weighted by Crippen LogP contribution is 2.42. The Morgan fingerprint density at radius 3 is 2.54 bits per heavy atom. The molecule has 8 heteroatoms. The molecule has 3 atom stereocenters. The molecular weight excluding hydrogens is 455 g/mol. The first-order valence-corrected chi connectivity index (χ1v) is 13.2. The van der Waals surface area contributed by atoms with Crippen molar-refractivity contribution in [1.29, 1.82) is 0 Å². The topological polar surface area (TPSA) is 64.6 Å². The maximum absolute atomic E-state index is 13.2. The number of nitrogens with one attached hydrogen (secondary N) is 2. The van der Waals surface area contributed by atoms with Gasteiger partial charge in [-0.1, -0.05) is 61.9 Å². The number of likely N-dealkylation sites (N-methyl/N-ethyl adjacent to an activating group) is 1. The average molecular weight is 498 g/mol. The largest absolute Gasteiger partial charge is 0.389 e. The Hall–Kier alpha value is -1.80. The second-order valence-electron chi connectivity index (χ2n) is 10.6. The van der Waals surface area contributed by atoms with Crippen molar-refractivity contribution in [3.63, 3.8) is 0 Å². The molecular formula is C27H42F3N3O2. The molecule has 1 aliphatic heterocycles. The molecule has 3 rings (SSSR count). The van der Waals surface area contributed by atoms with Gasteiger partial charge in [0.25, 0.3) is 0 Å². The van der Waals surface area contributed by atoms with Crippen LogP contribution in [0, 0.1) is 18.8 Å². The van der Waals surface area contributed by atoms with Gasteiger partial charge in [0.05, 0.1) is 5.60 Å². The number of alkyl halides is 3. The van der Waals surface area contributed by atoms with Crippen molar-refractivity contribution in [1.82, 2.24) is 15.5 Å². The molecule has 198 valence electrons. The second kappa shape index (κ2) is 12.4. The SMILES string of the molecule is CNCC(CC1CCCCC1)NC(=O)N1CCCC(C(O)(CCC(F)(F)F)c2cccc(C)c2)C1. The minimum Gasteiger partial charge on any atom is -0.385 e. The molecule has 3 unspecified atom stereocenters. The van der Waals surface area contributed by atoms with Gasteiger partial charge in [0.15, 0.2) is 0 Å². The van der Waals surface area contributed by atoms with E-state index in [2.05, 4.69) is 10.6 Å². The van der Waals surface area contributed by atoms with Crippen molar-refractivity contribution in [2.45, 2.75) is 89.0 Å². The van der Waals surface area contributed by atoms with Crippen molar-refractivity contribution in [2.75, 3.05) is 26.7 Å². The molecule has 2 fully saturated rings. The van der Waals surface area contributed by atoms with Crippen LogP contribution in [0.2, 0.25) is 0 Å². The fourth-order valence-electron chi connectivity index (χ4n) is 5.91. The first kappa shape index (κ1) is 27.8. The predicted octanol–water partition coefficient (Wildman–Crippen LogP) is 5.51. The van der Waals surface area contributed by atoms with Crippen LogP contribution in [-0.2, 0) is 5.60 Å². The maximum Gasteiger partial charge on any atom is 0.389 e. The van der Waals surface area contributed by atoms with E-state index >= 15 is 0 Å². The van der Waals surface area contributed by atoms with Crippen LogP contribution in [0.15, 0.2) is 24.3 Å². The van der Waals surface area contributed by atoms with Crippen molar-refractivity contribution >= 4 is 6.03 Å². The molecule has 1 aromatic rings. The zero-order valence-electron chi connectivity index (χ0n) is 21.2. The highest BCUT2D eigenvalue weighted by atomic mass is 19.4. The molecule has 5 nitrogen and oxygen atoms in total. The van der Waals surface area contributed by atoms with Gasteiger partial charge in [0.2, 0.25) is 0 Å². The van der Waals surface area contributed by atoms with Gasteiger partial charge in [-0.3, -0.25) is 0 Å². The number of rotatable bonds is 9. The van der Waals surface area contributed by atoms with E-state index in [1.807, 2.05) is 20.0 Å². The van der Waals surface area contributed by atoms with Crippen molar-refractivity contribution in [3.05, 3.63) is 35.4 Å². The lowest BCUT2D eigenvalue weighted by Gasteiger charge is -2.43. The number of carbonyl (C=O) groups is 1. The molecule has 2 amide bonds. The number of halogens is 3. The molecule has 0 aromatic heterocycles. The fourth-order valence-corrected chi connectivity index (χ4v) is 5.91. The van der Waals surface area contributed by atoms with Gasteiger partial charge in [0, 0.05) is 38.0 Å². The highest BCUT2D eigenvalue weighted by Gasteiger charge is 2.44. The van der Waals surface area contributed by atoms with Crippen LogP contribution >= 0.6 is 0 Å². The molecule has 0 spiro atoms. The minimum atomic E-state index is -4.36. The summed E-state index contributed by atoms with van der Waals surface area (Å²) in [6.45, 7) is 3.33. The Morgan fingerprint density at radius 1 is 1.14 bits per heavy atom. The average Bonchev–Trinajstić information content (AvgIpc) is 2.83. The Morgan fingerprint density at radius 2 is 1.89 bits per heavy atom. The Kier molecular flexibility index (Phi) is 9.87. The maximum atomic E-state index is 13.2. The summed E-state index contributed by atoms with van der Waals surface area (Å²) < 4.78 is 39.5. The lowest BCUT2D eigenvalue weighted by molar-refractivity contribution is -0.155. The van der Waals surface area contributed by atoms with Crippen LogP contribution in [0.1, 0.15) is 75.3 Å². The van der Waals surface area contributed by atoms with E-state index in [0.717, 1.165) is 12.0 Å². The normalized spacial score (nSPS) is 22.5. The van der Waals surface area contributed by atoms with Crippen molar-refractivity contribution < 1.29 is 23.1 Å². The van der Waals surface area contributed by atoms with Gasteiger partial charge >= 0.3 is 12.2 Å². The number of nitrogens with zero attached hydrogens (tertiary/aromatic N) is 1. The van der Waals surface area contributed by atoms with Crippen LogP contribution < -0.4 is 10.6 Å². The third kappa shape index (κ3) is 8.10. The Balaban J connectivity index is 1.71. The summed E-state index contributed by atoms with van der Waals surface area (Å²) in [5.74, 6) is 0.150. The van der Waals surface area contributed by atoms with Gasteiger partial charge in [-0.2, -0.15) is 13.2 Å². The molecule has 1 saturated carbocycles. The number of hydrogen-bond donors (Lipinski definition) is 3. The number of urea groups is 1. The van der Waals surface area contributed by atoms with Gasteiger partial charge in [-0.05, 0) is 51.1 Å². The predicted molar refractivity (Wildman–Crippen MR) is 132 cm³/mol. The first-order chi connectivity index (χ1) is 16.6. The third-order valence-corrected chi connectivity index (χ3v) is 7.81. The minimum absolute atomic E-state index is 0.0110. The van der Waals surface area contributed by atoms with E-state index in [1.165, 1.54) is 32.1 Å². The standard InChI is InChI=1S/C27H42F3N3O2/c1-20-8-6-11-22(16-20)26(35,13-14-27(28,29)30)23-12-7-15-33(19-23)25(34)32-24(18-31-2)17-21-9-4-3-5-10-21/h6,8,11,16,21,23-24,31,35H,3-5,7,9-10,12-15,17-19H2,1-2H3,(H,32,34). The summed E-state index contributed by atoms with van der Waals surface area (Å²) in [6, 6.07) is 6.93. The number of piperidine rings is 1. The Bertz CT molecular complexity index is 813. The highest BCUT2D eigenvalue weighted by molar-refractivity contribution is 5.74. The first-order valence-electron chi connectivity index (χ1n) is 13.2. The molecule has 1 saturated heterocycles. The van der Waals surface area contributed by atoms with Gasteiger partial charge < -0.3 is 20.6 Å². The summed E-state index contributed by atoms with van der Waals surface area (Å²) in [5.41, 5.74) is -0.261. The van der Waals surface area contributed by atoms with Crippen molar-refractivity contribution in [3.8, 4) is 0 Å².